The van der Waals surface area contributed by atoms with E-state index in [2.05, 4.69) is 10.6 Å². The predicted molar refractivity (Wildman–Crippen MR) is 147 cm³/mol. The molecule has 0 fully saturated rings. The third-order valence-electron chi connectivity index (χ3n) is 5.88. The first-order valence-electron chi connectivity index (χ1n) is 11.7. The fraction of sp³-hybridized carbons (Fsp3) is 0.0345. The molecular weight excluding hydrogens is 500 g/mol. The maximum atomic E-state index is 12.6. The molecule has 0 radical (unpaired) electrons. The minimum atomic E-state index is -1.24. The highest BCUT2D eigenvalue weighted by atomic mass is 16.4. The lowest BCUT2D eigenvalue weighted by atomic mass is 9.99. The Morgan fingerprint density at radius 3 is 1.26 bits per heavy atom. The summed E-state index contributed by atoms with van der Waals surface area (Å²) >= 11 is 0. The van der Waals surface area contributed by atoms with E-state index in [0.29, 0.717) is 33.6 Å². The van der Waals surface area contributed by atoms with Gasteiger partial charge in [0.2, 0.25) is 0 Å². The molecule has 4 aromatic rings. The van der Waals surface area contributed by atoms with Gasteiger partial charge in [0.15, 0.2) is 0 Å². The second kappa shape index (κ2) is 11.2. The number of carbonyl (C=O) groups is 4. The number of carbonyl (C=O) groups excluding carboxylic acids is 2. The van der Waals surface area contributed by atoms with Crippen molar-refractivity contribution in [3.8, 4) is 0 Å². The standard InChI is InChI=1S/C29H24N4O6/c30-20-7-3-18(4-8-20)26(34)32-24-11-1-16(14-22(24)28(36)37)13-17-2-12-25(23(15-17)29(38)39)33-27(35)19-5-9-21(31)10-6-19/h1-12,14-15H,13,30-31H2,(H,32,34)(H,33,35)(H,36,37)(H,38,39). The first kappa shape index (κ1) is 26.4. The van der Waals surface area contributed by atoms with E-state index in [4.69, 9.17) is 11.5 Å². The van der Waals surface area contributed by atoms with Crippen LogP contribution in [0.5, 0.6) is 0 Å². The third kappa shape index (κ3) is 6.38. The number of hydrogen-bond donors (Lipinski definition) is 6. The van der Waals surface area contributed by atoms with Crippen molar-refractivity contribution in [2.24, 2.45) is 0 Å². The number of nitrogen functional groups attached to an aromatic ring is 2. The Morgan fingerprint density at radius 2 is 0.923 bits per heavy atom. The van der Waals surface area contributed by atoms with Crippen LogP contribution in [0, 0.1) is 0 Å². The predicted octanol–water partition coefficient (Wildman–Crippen LogP) is 4.34. The Bertz CT molecular complexity index is 1460. The van der Waals surface area contributed by atoms with Gasteiger partial charge in [-0.3, -0.25) is 9.59 Å². The van der Waals surface area contributed by atoms with Crippen molar-refractivity contribution >= 4 is 46.5 Å². The minimum absolute atomic E-state index is 0.111. The van der Waals surface area contributed by atoms with Gasteiger partial charge in [0.05, 0.1) is 22.5 Å². The summed E-state index contributed by atoms with van der Waals surface area (Å²) < 4.78 is 0. The van der Waals surface area contributed by atoms with Crippen molar-refractivity contribution in [3.05, 3.63) is 118 Å². The van der Waals surface area contributed by atoms with Crippen LogP contribution in [0.3, 0.4) is 0 Å². The highest BCUT2D eigenvalue weighted by Crippen LogP contribution is 2.24. The monoisotopic (exact) mass is 524 g/mol. The van der Waals surface area contributed by atoms with Crippen LogP contribution in [-0.2, 0) is 6.42 Å². The van der Waals surface area contributed by atoms with Gasteiger partial charge in [-0.05, 0) is 90.3 Å². The fourth-order valence-electron chi connectivity index (χ4n) is 3.87. The lowest BCUT2D eigenvalue weighted by Gasteiger charge is -2.13. The van der Waals surface area contributed by atoms with Gasteiger partial charge in [0.25, 0.3) is 11.8 Å². The van der Waals surface area contributed by atoms with E-state index >= 15 is 0 Å². The number of carboxylic acid groups (broad SMARTS) is 2. The number of benzene rings is 4. The van der Waals surface area contributed by atoms with Gasteiger partial charge in [-0.1, -0.05) is 12.1 Å². The smallest absolute Gasteiger partial charge is 0.337 e. The second-order valence-corrected chi connectivity index (χ2v) is 8.70. The number of anilines is 4. The van der Waals surface area contributed by atoms with Crippen molar-refractivity contribution in [1.29, 1.82) is 0 Å². The quantitative estimate of drug-likeness (QED) is 0.184. The molecule has 2 amide bonds. The molecule has 0 saturated carbocycles. The number of hydrogen-bond acceptors (Lipinski definition) is 6. The molecule has 0 bridgehead atoms. The molecule has 0 atom stereocenters. The molecule has 196 valence electrons. The van der Waals surface area contributed by atoms with E-state index in [1.54, 1.807) is 36.4 Å². The Morgan fingerprint density at radius 1 is 0.564 bits per heavy atom. The number of rotatable bonds is 8. The normalized spacial score (nSPS) is 10.5. The van der Waals surface area contributed by atoms with E-state index in [0.717, 1.165) is 0 Å². The molecule has 4 rings (SSSR count). The van der Waals surface area contributed by atoms with Crippen LogP contribution in [0.15, 0.2) is 84.9 Å². The average Bonchev–Trinajstić information content (AvgIpc) is 2.90. The number of carboxylic acids is 2. The van der Waals surface area contributed by atoms with E-state index < -0.39 is 23.8 Å². The Hall–Kier alpha value is -5.64. The topological polar surface area (TPSA) is 185 Å². The molecule has 10 nitrogen and oxygen atoms in total. The van der Waals surface area contributed by atoms with Gasteiger partial charge in [0, 0.05) is 22.5 Å². The number of nitrogens with one attached hydrogen (secondary N) is 2. The molecule has 0 saturated heterocycles. The molecule has 0 aliphatic rings. The van der Waals surface area contributed by atoms with Crippen LogP contribution in [0.4, 0.5) is 22.7 Å². The van der Waals surface area contributed by atoms with Crippen LogP contribution in [0.25, 0.3) is 0 Å². The highest BCUT2D eigenvalue weighted by molar-refractivity contribution is 6.09. The largest absolute Gasteiger partial charge is 0.478 e. The van der Waals surface area contributed by atoms with Gasteiger partial charge in [-0.2, -0.15) is 0 Å². The van der Waals surface area contributed by atoms with Crippen molar-refractivity contribution in [2.45, 2.75) is 6.42 Å². The summed E-state index contributed by atoms with van der Waals surface area (Å²) in [7, 11) is 0. The minimum Gasteiger partial charge on any atom is -0.478 e. The molecule has 4 aromatic carbocycles. The zero-order valence-electron chi connectivity index (χ0n) is 20.5. The summed E-state index contributed by atoms with van der Waals surface area (Å²) in [6, 6.07) is 21.4. The molecule has 10 heteroatoms. The van der Waals surface area contributed by atoms with Crippen LogP contribution in [-0.4, -0.2) is 34.0 Å². The fourth-order valence-corrected chi connectivity index (χ4v) is 3.87. The van der Waals surface area contributed by atoms with E-state index in [1.807, 2.05) is 0 Å². The van der Waals surface area contributed by atoms with Crippen LogP contribution >= 0.6 is 0 Å². The van der Waals surface area contributed by atoms with Crippen molar-refractivity contribution in [1.82, 2.24) is 0 Å². The summed E-state index contributed by atoms with van der Waals surface area (Å²) in [5.74, 6) is -3.46. The maximum absolute atomic E-state index is 12.6. The maximum Gasteiger partial charge on any atom is 0.337 e. The Balaban J connectivity index is 1.54. The summed E-state index contributed by atoms with van der Waals surface area (Å²) in [6.45, 7) is 0. The second-order valence-electron chi connectivity index (χ2n) is 8.70. The van der Waals surface area contributed by atoms with E-state index in [1.165, 1.54) is 48.5 Å². The van der Waals surface area contributed by atoms with Gasteiger partial charge < -0.3 is 32.3 Å². The van der Waals surface area contributed by atoms with Crippen molar-refractivity contribution in [3.63, 3.8) is 0 Å². The first-order valence-corrected chi connectivity index (χ1v) is 11.7. The van der Waals surface area contributed by atoms with Gasteiger partial charge in [-0.15, -0.1) is 0 Å². The summed E-state index contributed by atoms with van der Waals surface area (Å²) in [5, 5.41) is 24.7. The molecule has 39 heavy (non-hydrogen) atoms. The molecule has 8 N–H and O–H groups in total. The molecule has 0 aromatic heterocycles. The van der Waals surface area contributed by atoms with E-state index in [9.17, 15) is 29.4 Å². The summed E-state index contributed by atoms with van der Waals surface area (Å²) in [4.78, 5) is 49.0. The number of aromatic carboxylic acids is 2. The third-order valence-corrected chi connectivity index (χ3v) is 5.88. The Kier molecular flexibility index (Phi) is 7.57. The highest BCUT2D eigenvalue weighted by Gasteiger charge is 2.17. The lowest BCUT2D eigenvalue weighted by molar-refractivity contribution is 0.0687. The number of nitrogens with two attached hydrogens (primary N) is 2. The molecule has 0 unspecified atom stereocenters. The zero-order chi connectivity index (χ0) is 28.1. The van der Waals surface area contributed by atoms with Crippen molar-refractivity contribution in [2.75, 3.05) is 22.1 Å². The van der Waals surface area contributed by atoms with Gasteiger partial charge in [-0.25, -0.2) is 9.59 Å². The molecule has 0 aliphatic carbocycles. The van der Waals surface area contributed by atoms with Crippen LogP contribution in [0.1, 0.15) is 52.6 Å². The number of amides is 2. The molecule has 0 aliphatic heterocycles. The van der Waals surface area contributed by atoms with Gasteiger partial charge >= 0.3 is 11.9 Å². The van der Waals surface area contributed by atoms with E-state index in [-0.39, 0.29) is 28.9 Å². The first-order chi connectivity index (χ1) is 18.6. The molecule has 0 spiro atoms. The van der Waals surface area contributed by atoms with Crippen LogP contribution < -0.4 is 22.1 Å². The SMILES string of the molecule is Nc1ccc(C(=O)Nc2ccc(Cc3ccc(NC(=O)c4ccc(N)cc4)c(C(=O)O)c3)cc2C(=O)O)cc1. The summed E-state index contributed by atoms with van der Waals surface area (Å²) in [5.41, 5.74) is 14.0. The van der Waals surface area contributed by atoms with Gasteiger partial charge in [0.1, 0.15) is 0 Å². The van der Waals surface area contributed by atoms with Crippen molar-refractivity contribution < 1.29 is 29.4 Å². The molecular formula is C29H24N4O6. The molecule has 0 heterocycles. The average molecular weight is 525 g/mol. The zero-order valence-corrected chi connectivity index (χ0v) is 20.5. The Labute approximate surface area is 222 Å². The van der Waals surface area contributed by atoms with Crippen LogP contribution in [0.2, 0.25) is 0 Å². The lowest BCUT2D eigenvalue weighted by Crippen LogP contribution is -2.15. The summed E-state index contributed by atoms with van der Waals surface area (Å²) in [6.07, 6.45) is 0.207.